The van der Waals surface area contributed by atoms with Crippen LogP contribution in [-0.2, 0) is 0 Å². The summed E-state index contributed by atoms with van der Waals surface area (Å²) in [5.41, 5.74) is 2.05. The Balaban J connectivity index is 2.06. The molecule has 0 bridgehead atoms. The van der Waals surface area contributed by atoms with Crippen LogP contribution in [0.3, 0.4) is 0 Å². The standard InChI is InChI=1S/C17H18N2S2/c1-13(2)12-18-17(20)19-15-10-6-7-11-16(15)21-14-8-4-3-5-9-14/h3-11H,1,12H2,2H3,(H2,18,19,20). The van der Waals surface area contributed by atoms with E-state index in [9.17, 15) is 0 Å². The van der Waals surface area contributed by atoms with Gasteiger partial charge in [0.1, 0.15) is 0 Å². The van der Waals surface area contributed by atoms with Crippen LogP contribution in [-0.4, -0.2) is 11.7 Å². The highest BCUT2D eigenvalue weighted by Crippen LogP contribution is 2.33. The lowest BCUT2D eigenvalue weighted by atomic mass is 10.3. The van der Waals surface area contributed by atoms with Crippen molar-refractivity contribution < 1.29 is 0 Å². The zero-order valence-corrected chi connectivity index (χ0v) is 13.6. The number of hydrogen-bond donors (Lipinski definition) is 2. The van der Waals surface area contributed by atoms with E-state index in [4.69, 9.17) is 12.2 Å². The molecule has 108 valence electrons. The minimum atomic E-state index is 0.610. The molecule has 0 aliphatic heterocycles. The van der Waals surface area contributed by atoms with Gasteiger partial charge < -0.3 is 10.6 Å². The van der Waals surface area contributed by atoms with Gasteiger partial charge in [0.2, 0.25) is 0 Å². The molecule has 0 radical (unpaired) electrons. The maximum atomic E-state index is 5.31. The normalized spacial score (nSPS) is 9.95. The third-order valence-electron chi connectivity index (χ3n) is 2.66. The third-order valence-corrected chi connectivity index (χ3v) is 3.99. The number of benzene rings is 2. The Hall–Kier alpha value is -1.78. The van der Waals surface area contributed by atoms with E-state index in [2.05, 4.69) is 35.4 Å². The zero-order chi connectivity index (χ0) is 15.1. The molecule has 0 amide bonds. The molecular weight excluding hydrogens is 296 g/mol. The average Bonchev–Trinajstić information content (AvgIpc) is 2.48. The SMILES string of the molecule is C=C(C)CNC(=S)Nc1ccccc1Sc1ccccc1. The molecule has 2 aromatic carbocycles. The summed E-state index contributed by atoms with van der Waals surface area (Å²) in [6, 6.07) is 18.4. The van der Waals surface area contributed by atoms with Crippen LogP contribution < -0.4 is 10.6 Å². The van der Waals surface area contributed by atoms with Gasteiger partial charge in [0, 0.05) is 16.3 Å². The van der Waals surface area contributed by atoms with Crippen LogP contribution in [0.5, 0.6) is 0 Å². The smallest absolute Gasteiger partial charge is 0.171 e. The molecule has 0 fully saturated rings. The molecule has 0 aliphatic rings. The van der Waals surface area contributed by atoms with Gasteiger partial charge >= 0.3 is 0 Å². The lowest BCUT2D eigenvalue weighted by Crippen LogP contribution is -2.29. The van der Waals surface area contributed by atoms with Crippen molar-refractivity contribution in [1.29, 1.82) is 0 Å². The number of nitrogens with one attached hydrogen (secondary N) is 2. The third kappa shape index (κ3) is 5.25. The van der Waals surface area contributed by atoms with Crippen LogP contribution in [0.15, 0.2) is 76.5 Å². The second-order valence-electron chi connectivity index (χ2n) is 4.68. The van der Waals surface area contributed by atoms with Crippen molar-refractivity contribution >= 4 is 34.8 Å². The first-order valence-corrected chi connectivity index (χ1v) is 7.89. The number of para-hydroxylation sites is 1. The summed E-state index contributed by atoms with van der Waals surface area (Å²) < 4.78 is 0. The number of thiocarbonyl (C=S) groups is 1. The van der Waals surface area contributed by atoms with E-state index in [1.54, 1.807) is 11.8 Å². The number of rotatable bonds is 5. The predicted molar refractivity (Wildman–Crippen MR) is 96.0 cm³/mol. The van der Waals surface area contributed by atoms with Gasteiger partial charge in [0.15, 0.2) is 5.11 Å². The van der Waals surface area contributed by atoms with E-state index in [-0.39, 0.29) is 0 Å². The molecule has 2 nitrogen and oxygen atoms in total. The first-order valence-electron chi connectivity index (χ1n) is 6.66. The maximum Gasteiger partial charge on any atom is 0.171 e. The van der Waals surface area contributed by atoms with Crippen LogP contribution in [0.25, 0.3) is 0 Å². The Morgan fingerprint density at radius 1 is 1.10 bits per heavy atom. The van der Waals surface area contributed by atoms with E-state index in [1.807, 2.05) is 43.3 Å². The largest absolute Gasteiger partial charge is 0.359 e. The van der Waals surface area contributed by atoms with Gasteiger partial charge in [-0.2, -0.15) is 0 Å². The van der Waals surface area contributed by atoms with Gasteiger partial charge in [0.25, 0.3) is 0 Å². The summed E-state index contributed by atoms with van der Waals surface area (Å²) >= 11 is 7.02. The Bertz CT molecular complexity index is 624. The molecule has 0 saturated carbocycles. The Morgan fingerprint density at radius 2 is 1.76 bits per heavy atom. The molecule has 0 heterocycles. The maximum absolute atomic E-state index is 5.31. The van der Waals surface area contributed by atoms with Gasteiger partial charge in [-0.1, -0.05) is 54.2 Å². The van der Waals surface area contributed by atoms with Crippen molar-refractivity contribution in [2.75, 3.05) is 11.9 Å². The zero-order valence-electron chi connectivity index (χ0n) is 11.9. The van der Waals surface area contributed by atoms with Crippen molar-refractivity contribution in [1.82, 2.24) is 5.32 Å². The molecule has 0 aromatic heterocycles. The fourth-order valence-corrected chi connectivity index (χ4v) is 2.78. The molecule has 2 rings (SSSR count). The molecule has 0 aliphatic carbocycles. The molecule has 0 unspecified atom stereocenters. The van der Waals surface area contributed by atoms with Gasteiger partial charge in [0.05, 0.1) is 5.69 Å². The van der Waals surface area contributed by atoms with Crippen molar-refractivity contribution in [3.05, 3.63) is 66.7 Å². The van der Waals surface area contributed by atoms with Gasteiger partial charge in [-0.15, -0.1) is 0 Å². The van der Waals surface area contributed by atoms with Crippen molar-refractivity contribution in [2.24, 2.45) is 0 Å². The minimum absolute atomic E-state index is 0.610. The van der Waals surface area contributed by atoms with Gasteiger partial charge in [-0.05, 0) is 43.4 Å². The highest BCUT2D eigenvalue weighted by atomic mass is 32.2. The Morgan fingerprint density at radius 3 is 2.48 bits per heavy atom. The second-order valence-corrected chi connectivity index (χ2v) is 6.20. The molecule has 0 atom stereocenters. The van der Waals surface area contributed by atoms with Crippen molar-refractivity contribution in [3.8, 4) is 0 Å². The van der Waals surface area contributed by atoms with E-state index in [0.29, 0.717) is 11.7 Å². The summed E-state index contributed by atoms with van der Waals surface area (Å²) in [5, 5.41) is 6.99. The molecule has 0 saturated heterocycles. The lowest BCUT2D eigenvalue weighted by molar-refractivity contribution is 0.999. The van der Waals surface area contributed by atoms with Crippen molar-refractivity contribution in [2.45, 2.75) is 16.7 Å². The molecule has 2 aromatic rings. The van der Waals surface area contributed by atoms with Crippen LogP contribution >= 0.6 is 24.0 Å². The quantitative estimate of drug-likeness (QED) is 0.617. The van der Waals surface area contributed by atoms with Crippen LogP contribution in [0.1, 0.15) is 6.92 Å². The fourth-order valence-electron chi connectivity index (χ4n) is 1.67. The number of anilines is 1. The lowest BCUT2D eigenvalue weighted by Gasteiger charge is -2.13. The van der Waals surface area contributed by atoms with E-state index in [1.165, 1.54) is 4.90 Å². The Kier molecular flexibility index (Phi) is 5.84. The predicted octanol–water partition coefficient (Wildman–Crippen LogP) is 4.70. The highest BCUT2D eigenvalue weighted by Gasteiger charge is 2.05. The van der Waals surface area contributed by atoms with Crippen molar-refractivity contribution in [3.63, 3.8) is 0 Å². The first kappa shape index (κ1) is 15.6. The van der Waals surface area contributed by atoms with Crippen LogP contribution in [0.2, 0.25) is 0 Å². The summed E-state index contributed by atoms with van der Waals surface area (Å²) in [6.07, 6.45) is 0. The molecule has 0 spiro atoms. The summed E-state index contributed by atoms with van der Waals surface area (Å²) in [4.78, 5) is 2.34. The summed E-state index contributed by atoms with van der Waals surface area (Å²) in [5.74, 6) is 0. The summed E-state index contributed by atoms with van der Waals surface area (Å²) in [7, 11) is 0. The second kappa shape index (κ2) is 7.86. The minimum Gasteiger partial charge on any atom is -0.359 e. The topological polar surface area (TPSA) is 24.1 Å². The van der Waals surface area contributed by atoms with Gasteiger partial charge in [-0.25, -0.2) is 0 Å². The van der Waals surface area contributed by atoms with E-state index in [0.717, 1.165) is 16.2 Å². The molecular formula is C17H18N2S2. The fraction of sp³-hybridized carbons (Fsp3) is 0.118. The van der Waals surface area contributed by atoms with Gasteiger partial charge in [-0.3, -0.25) is 0 Å². The molecule has 21 heavy (non-hydrogen) atoms. The average molecular weight is 314 g/mol. The monoisotopic (exact) mass is 314 g/mol. The van der Waals surface area contributed by atoms with Crippen LogP contribution in [0, 0.1) is 0 Å². The molecule has 2 N–H and O–H groups in total. The van der Waals surface area contributed by atoms with E-state index < -0.39 is 0 Å². The Labute approximate surface area is 135 Å². The van der Waals surface area contributed by atoms with Crippen LogP contribution in [0.4, 0.5) is 5.69 Å². The molecule has 4 heteroatoms. The highest BCUT2D eigenvalue weighted by molar-refractivity contribution is 7.99. The first-order chi connectivity index (χ1) is 10.1. The number of hydrogen-bond acceptors (Lipinski definition) is 2. The summed E-state index contributed by atoms with van der Waals surface area (Å²) in [6.45, 7) is 6.50. The van der Waals surface area contributed by atoms with E-state index >= 15 is 0 Å².